The van der Waals surface area contributed by atoms with Crippen LogP contribution in [0.4, 0.5) is 5.13 Å². The van der Waals surface area contributed by atoms with E-state index in [0.29, 0.717) is 17.0 Å². The van der Waals surface area contributed by atoms with Gasteiger partial charge in [0.25, 0.3) is 0 Å². The number of rotatable bonds is 7. The maximum atomic E-state index is 12.2. The monoisotopic (exact) mass is 375 g/mol. The first-order valence-corrected chi connectivity index (χ1v) is 10.0. The lowest BCUT2D eigenvalue weighted by Gasteiger charge is -2.05. The number of hydrogen-bond donors (Lipinski definition) is 1. The van der Waals surface area contributed by atoms with Gasteiger partial charge in [-0.3, -0.25) is 4.72 Å². The predicted octanol–water partition coefficient (Wildman–Crippen LogP) is 3.08. The number of ether oxygens (including phenoxy) is 1. The number of anilines is 1. The fraction of sp³-hybridized carbons (Fsp3) is 0.176. The van der Waals surface area contributed by atoms with Crippen LogP contribution in [0.5, 0.6) is 5.75 Å². The van der Waals surface area contributed by atoms with Gasteiger partial charge in [-0.25, -0.2) is 8.42 Å². The second-order valence-electron chi connectivity index (χ2n) is 5.34. The molecule has 2 aromatic carbocycles. The molecule has 8 heteroatoms. The van der Waals surface area contributed by atoms with Crippen LogP contribution in [0.3, 0.4) is 0 Å². The van der Waals surface area contributed by atoms with E-state index in [1.165, 1.54) is 11.3 Å². The number of nitrogens with one attached hydrogen (secondary N) is 1. The van der Waals surface area contributed by atoms with Gasteiger partial charge in [-0.15, -0.1) is 10.2 Å². The van der Waals surface area contributed by atoms with Crippen LogP contribution in [0, 0.1) is 0 Å². The number of para-hydroxylation sites is 1. The van der Waals surface area contributed by atoms with Gasteiger partial charge in [0.2, 0.25) is 15.2 Å². The molecule has 0 saturated heterocycles. The predicted molar refractivity (Wildman–Crippen MR) is 98.4 cm³/mol. The molecule has 0 unspecified atom stereocenters. The Morgan fingerprint density at radius 3 is 2.52 bits per heavy atom. The summed E-state index contributed by atoms with van der Waals surface area (Å²) in [5, 5.41) is 8.97. The van der Waals surface area contributed by atoms with E-state index in [9.17, 15) is 8.42 Å². The molecule has 0 aliphatic rings. The first kappa shape index (κ1) is 17.4. The minimum absolute atomic E-state index is 0.102. The summed E-state index contributed by atoms with van der Waals surface area (Å²) in [5.41, 5.74) is 1.69. The number of sulfonamides is 1. The molecule has 1 heterocycles. The lowest BCUT2D eigenvalue weighted by Crippen LogP contribution is -2.14. The van der Waals surface area contributed by atoms with Crippen molar-refractivity contribution in [2.24, 2.45) is 0 Å². The summed E-state index contributed by atoms with van der Waals surface area (Å²) in [6.45, 7) is 0. The Morgan fingerprint density at radius 1 is 1.04 bits per heavy atom. The zero-order valence-electron chi connectivity index (χ0n) is 13.5. The molecule has 3 aromatic rings. The average molecular weight is 375 g/mol. The maximum Gasteiger partial charge on any atom is 0.238 e. The second kappa shape index (κ2) is 7.62. The number of aromatic nitrogens is 2. The topological polar surface area (TPSA) is 81.2 Å². The Labute approximate surface area is 150 Å². The van der Waals surface area contributed by atoms with Crippen molar-refractivity contribution in [3.63, 3.8) is 0 Å². The Balaban J connectivity index is 1.69. The summed E-state index contributed by atoms with van der Waals surface area (Å²) >= 11 is 1.22. The number of benzene rings is 2. The summed E-state index contributed by atoms with van der Waals surface area (Å²) in [7, 11) is -1.91. The highest BCUT2D eigenvalue weighted by Gasteiger charge is 2.15. The molecule has 1 aromatic heterocycles. The molecule has 0 spiro atoms. The van der Waals surface area contributed by atoms with E-state index in [1.54, 1.807) is 31.4 Å². The van der Waals surface area contributed by atoms with Crippen molar-refractivity contribution in [2.75, 3.05) is 11.8 Å². The highest BCUT2D eigenvalue weighted by Crippen LogP contribution is 2.25. The van der Waals surface area contributed by atoms with Crippen molar-refractivity contribution in [3.05, 3.63) is 70.7 Å². The smallest absolute Gasteiger partial charge is 0.238 e. The summed E-state index contributed by atoms with van der Waals surface area (Å²) in [5.74, 6) is 0.666. The van der Waals surface area contributed by atoms with Crippen LogP contribution in [-0.2, 0) is 22.2 Å². The minimum atomic E-state index is -3.53. The van der Waals surface area contributed by atoms with Crippen LogP contribution in [0.2, 0.25) is 0 Å². The molecule has 0 aliphatic heterocycles. The molecule has 0 aliphatic carbocycles. The molecule has 130 valence electrons. The molecule has 0 saturated carbocycles. The third-order valence-corrected chi connectivity index (χ3v) is 5.63. The van der Waals surface area contributed by atoms with Gasteiger partial charge in [0.1, 0.15) is 10.8 Å². The molecule has 6 nitrogen and oxygen atoms in total. The van der Waals surface area contributed by atoms with Crippen LogP contribution in [0.1, 0.15) is 16.1 Å². The van der Waals surface area contributed by atoms with Crippen molar-refractivity contribution in [1.29, 1.82) is 0 Å². The Kier molecular flexibility index (Phi) is 5.30. The maximum absolute atomic E-state index is 12.2. The molecular weight excluding hydrogens is 358 g/mol. The van der Waals surface area contributed by atoms with E-state index in [4.69, 9.17) is 4.74 Å². The van der Waals surface area contributed by atoms with Crippen molar-refractivity contribution in [1.82, 2.24) is 10.2 Å². The molecular formula is C17H17N3O3S2. The Hall–Kier alpha value is -2.45. The van der Waals surface area contributed by atoms with Crippen LogP contribution in [-0.4, -0.2) is 25.7 Å². The fourth-order valence-electron chi connectivity index (χ4n) is 2.34. The van der Waals surface area contributed by atoms with Crippen LogP contribution >= 0.6 is 11.3 Å². The summed E-state index contributed by atoms with van der Waals surface area (Å²) < 4.78 is 32.3. The van der Waals surface area contributed by atoms with Gasteiger partial charge in [-0.2, -0.15) is 0 Å². The van der Waals surface area contributed by atoms with Gasteiger partial charge in [-0.05, 0) is 11.6 Å². The third kappa shape index (κ3) is 4.77. The average Bonchev–Trinajstić information content (AvgIpc) is 3.02. The van der Waals surface area contributed by atoms with Crippen molar-refractivity contribution < 1.29 is 13.2 Å². The van der Waals surface area contributed by atoms with Crippen molar-refractivity contribution in [2.45, 2.75) is 12.2 Å². The van der Waals surface area contributed by atoms with Gasteiger partial charge in [0, 0.05) is 12.0 Å². The zero-order chi connectivity index (χ0) is 17.7. The Morgan fingerprint density at radius 2 is 1.76 bits per heavy atom. The highest BCUT2D eigenvalue weighted by atomic mass is 32.2. The summed E-state index contributed by atoms with van der Waals surface area (Å²) in [6.07, 6.45) is 0.530. The van der Waals surface area contributed by atoms with Gasteiger partial charge in [0.05, 0.1) is 12.9 Å². The lowest BCUT2D eigenvalue weighted by atomic mass is 10.1. The molecule has 0 bridgehead atoms. The fourth-order valence-corrected chi connectivity index (χ4v) is 4.51. The molecule has 0 fully saturated rings. The normalized spacial score (nSPS) is 11.2. The standard InChI is InChI=1S/C17H17N3O3S2/c1-23-15-10-6-5-9-14(15)11-16-18-19-17(24-16)20-25(21,22)12-13-7-3-2-4-8-13/h2-10H,11-12H2,1H3,(H,19,20). The highest BCUT2D eigenvalue weighted by molar-refractivity contribution is 7.92. The third-order valence-electron chi connectivity index (χ3n) is 3.44. The quantitative estimate of drug-likeness (QED) is 0.686. The largest absolute Gasteiger partial charge is 0.496 e. The van der Waals surface area contributed by atoms with Crippen molar-refractivity contribution in [3.8, 4) is 5.75 Å². The van der Waals surface area contributed by atoms with Crippen molar-refractivity contribution >= 4 is 26.5 Å². The van der Waals surface area contributed by atoms with E-state index < -0.39 is 10.0 Å². The molecule has 25 heavy (non-hydrogen) atoms. The molecule has 1 N–H and O–H groups in total. The first-order valence-electron chi connectivity index (χ1n) is 7.54. The lowest BCUT2D eigenvalue weighted by molar-refractivity contribution is 0.410. The van der Waals surface area contributed by atoms with Gasteiger partial charge < -0.3 is 4.74 Å². The second-order valence-corrected chi connectivity index (χ2v) is 8.12. The first-order chi connectivity index (χ1) is 12.1. The number of methoxy groups -OCH3 is 1. The van der Waals surface area contributed by atoms with Gasteiger partial charge in [-0.1, -0.05) is 59.9 Å². The molecule has 0 amide bonds. The number of nitrogens with zero attached hydrogens (tertiary/aromatic N) is 2. The van der Waals surface area contributed by atoms with E-state index in [2.05, 4.69) is 14.9 Å². The van der Waals surface area contributed by atoms with Gasteiger partial charge in [0.15, 0.2) is 0 Å². The van der Waals surface area contributed by atoms with E-state index in [1.807, 2.05) is 30.3 Å². The van der Waals surface area contributed by atoms with E-state index in [-0.39, 0.29) is 10.9 Å². The molecule has 0 atom stereocenters. The van der Waals surface area contributed by atoms with E-state index in [0.717, 1.165) is 11.3 Å². The van der Waals surface area contributed by atoms with Crippen LogP contribution < -0.4 is 9.46 Å². The van der Waals surface area contributed by atoms with Gasteiger partial charge >= 0.3 is 0 Å². The van der Waals surface area contributed by atoms with Crippen LogP contribution in [0.25, 0.3) is 0 Å². The number of hydrogen-bond acceptors (Lipinski definition) is 6. The summed E-state index contributed by atoms with van der Waals surface area (Å²) in [6, 6.07) is 16.6. The SMILES string of the molecule is COc1ccccc1Cc1nnc(NS(=O)(=O)Cc2ccccc2)s1. The minimum Gasteiger partial charge on any atom is -0.496 e. The molecule has 0 radical (unpaired) electrons. The molecule has 3 rings (SSSR count). The zero-order valence-corrected chi connectivity index (χ0v) is 15.2. The van der Waals surface area contributed by atoms with E-state index >= 15 is 0 Å². The van der Waals surface area contributed by atoms with Crippen LogP contribution in [0.15, 0.2) is 54.6 Å². The summed E-state index contributed by atoms with van der Waals surface area (Å²) in [4.78, 5) is 0. The Bertz CT molecular complexity index is 941.